The van der Waals surface area contributed by atoms with Crippen LogP contribution in [0, 0.1) is 0 Å². The Labute approximate surface area is 100 Å². The first-order valence-electron chi connectivity index (χ1n) is 5.33. The van der Waals surface area contributed by atoms with Gasteiger partial charge in [0.25, 0.3) is 10.1 Å². The summed E-state index contributed by atoms with van der Waals surface area (Å²) in [6.45, 7) is -0.926. The normalized spacial score (nSPS) is 25.5. The fourth-order valence-electron chi connectivity index (χ4n) is 2.08. The van der Waals surface area contributed by atoms with Gasteiger partial charge in [0.1, 0.15) is 11.4 Å². The van der Waals surface area contributed by atoms with E-state index in [0.717, 1.165) is 7.11 Å². The summed E-state index contributed by atoms with van der Waals surface area (Å²) in [5.41, 5.74) is 0. The van der Waals surface area contributed by atoms with E-state index in [9.17, 15) is 21.2 Å². The van der Waals surface area contributed by atoms with E-state index in [2.05, 4.69) is 4.18 Å². The highest BCUT2D eigenvalue weighted by atomic mass is 32.2. The van der Waals surface area contributed by atoms with E-state index in [0.29, 0.717) is 12.8 Å². The Morgan fingerprint density at radius 2 is 1.53 bits per heavy atom. The molecule has 2 aliphatic rings. The first-order chi connectivity index (χ1) is 7.74. The van der Waals surface area contributed by atoms with Gasteiger partial charge < -0.3 is 0 Å². The quantitative estimate of drug-likeness (QED) is 0.661. The molecule has 0 aromatic heterocycles. The Balaban J connectivity index is 2.29. The lowest BCUT2D eigenvalue weighted by Crippen LogP contribution is -2.41. The van der Waals surface area contributed by atoms with Crippen LogP contribution in [0.2, 0.25) is 0 Å². The number of hydrogen-bond acceptors (Lipinski definition) is 5. The minimum absolute atomic E-state index is 0.277. The van der Waals surface area contributed by atoms with Gasteiger partial charge in [0.05, 0.1) is 17.6 Å². The van der Waals surface area contributed by atoms with E-state index in [1.165, 1.54) is 0 Å². The smallest absolute Gasteiger partial charge is 0.268 e. The van der Waals surface area contributed by atoms with Crippen LogP contribution in [0.5, 0.6) is 0 Å². The largest absolute Gasteiger partial charge is 0.273 e. The monoisotopic (exact) mass is 286 g/mol. The van der Waals surface area contributed by atoms with Gasteiger partial charge in [-0.05, 0) is 25.7 Å². The molecule has 0 spiro atoms. The molecule has 2 rings (SSSR count). The van der Waals surface area contributed by atoms with Crippen molar-refractivity contribution in [1.82, 2.24) is 0 Å². The van der Waals surface area contributed by atoms with Crippen LogP contribution in [0.4, 0.5) is 4.39 Å². The predicted molar refractivity (Wildman–Crippen MR) is 59.6 cm³/mol. The highest BCUT2D eigenvalue weighted by Gasteiger charge is 2.68. The molecule has 0 aromatic carbocycles. The number of sulfone groups is 1. The summed E-state index contributed by atoms with van der Waals surface area (Å²) in [6, 6.07) is 0. The standard InChI is InChI=1S/C9H15FO5S2/c1-15-16(11,12)7-9(4-5-9)17(13,14)8(6-10)2-3-8/h2-7H2,1H3. The van der Waals surface area contributed by atoms with Crippen molar-refractivity contribution < 1.29 is 25.4 Å². The van der Waals surface area contributed by atoms with Gasteiger partial charge in [0.15, 0.2) is 9.84 Å². The maximum Gasteiger partial charge on any atom is 0.268 e. The van der Waals surface area contributed by atoms with Crippen molar-refractivity contribution in [3.63, 3.8) is 0 Å². The van der Waals surface area contributed by atoms with Gasteiger partial charge in [-0.2, -0.15) is 8.42 Å². The van der Waals surface area contributed by atoms with Gasteiger partial charge in [0, 0.05) is 0 Å². The molecule has 17 heavy (non-hydrogen) atoms. The van der Waals surface area contributed by atoms with Crippen LogP contribution in [-0.4, -0.2) is 45.9 Å². The first kappa shape index (κ1) is 13.2. The van der Waals surface area contributed by atoms with E-state index < -0.39 is 41.9 Å². The van der Waals surface area contributed by atoms with E-state index in [-0.39, 0.29) is 12.8 Å². The molecule has 0 aromatic rings. The van der Waals surface area contributed by atoms with Gasteiger partial charge in [-0.25, -0.2) is 12.8 Å². The zero-order valence-corrected chi connectivity index (χ0v) is 11.1. The van der Waals surface area contributed by atoms with Crippen molar-refractivity contribution in [3.05, 3.63) is 0 Å². The third-order valence-electron chi connectivity index (χ3n) is 3.69. The fraction of sp³-hybridized carbons (Fsp3) is 1.00. The van der Waals surface area contributed by atoms with E-state index in [1.807, 2.05) is 0 Å². The van der Waals surface area contributed by atoms with E-state index in [4.69, 9.17) is 0 Å². The summed E-state index contributed by atoms with van der Waals surface area (Å²) in [5.74, 6) is -0.555. The average Bonchev–Trinajstić information content (AvgIpc) is 3.12. The van der Waals surface area contributed by atoms with Gasteiger partial charge in [-0.15, -0.1) is 0 Å². The highest BCUT2D eigenvalue weighted by Crippen LogP contribution is 2.57. The topological polar surface area (TPSA) is 77.5 Å². The zero-order chi connectivity index (χ0) is 12.9. The zero-order valence-electron chi connectivity index (χ0n) is 9.48. The van der Waals surface area contributed by atoms with Crippen molar-refractivity contribution in [2.75, 3.05) is 19.5 Å². The number of alkyl halides is 1. The lowest BCUT2D eigenvalue weighted by Gasteiger charge is -2.21. The van der Waals surface area contributed by atoms with Crippen LogP contribution in [0.25, 0.3) is 0 Å². The molecule has 2 fully saturated rings. The third-order valence-corrected chi connectivity index (χ3v) is 8.64. The number of halogens is 1. The molecule has 0 N–H and O–H groups in total. The van der Waals surface area contributed by atoms with E-state index >= 15 is 0 Å². The molecule has 2 saturated carbocycles. The summed E-state index contributed by atoms with van der Waals surface area (Å²) in [7, 11) is -6.58. The fourth-order valence-corrected chi connectivity index (χ4v) is 6.53. The van der Waals surface area contributed by atoms with Gasteiger partial charge in [-0.1, -0.05) is 0 Å². The van der Waals surface area contributed by atoms with Crippen LogP contribution < -0.4 is 0 Å². The second-order valence-corrected chi connectivity index (χ2v) is 9.35. The maximum atomic E-state index is 12.8. The SMILES string of the molecule is COS(=O)(=O)CC1(S(=O)(=O)C2(CF)CC2)CC1. The molecule has 0 unspecified atom stereocenters. The Morgan fingerprint density at radius 3 is 1.82 bits per heavy atom. The van der Waals surface area contributed by atoms with Crippen LogP contribution in [-0.2, 0) is 24.1 Å². The first-order valence-corrected chi connectivity index (χ1v) is 8.39. The molecular weight excluding hydrogens is 271 g/mol. The molecule has 5 nitrogen and oxygen atoms in total. The van der Waals surface area contributed by atoms with Crippen molar-refractivity contribution >= 4 is 20.0 Å². The lowest BCUT2D eigenvalue weighted by molar-refractivity contribution is 0.395. The summed E-state index contributed by atoms with van der Waals surface area (Å²) in [5, 5.41) is 0. The van der Waals surface area contributed by atoms with E-state index in [1.54, 1.807) is 0 Å². The second-order valence-electron chi connectivity index (χ2n) is 4.87. The molecule has 0 atom stereocenters. The summed E-state index contributed by atoms with van der Waals surface area (Å²) in [6.07, 6.45) is 1.14. The molecule has 0 heterocycles. The molecule has 8 heteroatoms. The minimum atomic E-state index is -3.84. The highest BCUT2D eigenvalue weighted by molar-refractivity contribution is 7.96. The Bertz CT molecular complexity index is 514. The Kier molecular flexibility index (Phi) is 2.83. The van der Waals surface area contributed by atoms with Crippen LogP contribution in [0.3, 0.4) is 0 Å². The van der Waals surface area contributed by atoms with Crippen LogP contribution >= 0.6 is 0 Å². The Hall–Kier alpha value is -0.210. The van der Waals surface area contributed by atoms with Crippen LogP contribution in [0.15, 0.2) is 0 Å². The van der Waals surface area contributed by atoms with Gasteiger partial charge in [-0.3, -0.25) is 4.18 Å². The number of rotatable bonds is 6. The second kappa shape index (κ2) is 3.64. The molecule has 0 radical (unpaired) electrons. The average molecular weight is 286 g/mol. The summed E-state index contributed by atoms with van der Waals surface area (Å²) in [4.78, 5) is 0. The van der Waals surface area contributed by atoms with Crippen molar-refractivity contribution in [2.24, 2.45) is 0 Å². The van der Waals surface area contributed by atoms with Crippen molar-refractivity contribution in [1.29, 1.82) is 0 Å². The third kappa shape index (κ3) is 1.90. The molecule has 100 valence electrons. The van der Waals surface area contributed by atoms with Crippen molar-refractivity contribution in [3.8, 4) is 0 Å². The molecule has 2 aliphatic carbocycles. The molecular formula is C9H15FO5S2. The number of hydrogen-bond donors (Lipinski definition) is 0. The molecule has 0 saturated heterocycles. The maximum absolute atomic E-state index is 12.8. The summed E-state index contributed by atoms with van der Waals surface area (Å²) < 4.78 is 61.8. The lowest BCUT2D eigenvalue weighted by atomic mass is 10.5. The van der Waals surface area contributed by atoms with Gasteiger partial charge >= 0.3 is 0 Å². The molecule has 0 amide bonds. The van der Waals surface area contributed by atoms with Gasteiger partial charge in [0.2, 0.25) is 0 Å². The minimum Gasteiger partial charge on any atom is -0.273 e. The van der Waals surface area contributed by atoms with Crippen LogP contribution in [0.1, 0.15) is 25.7 Å². The summed E-state index contributed by atoms with van der Waals surface area (Å²) >= 11 is 0. The molecule has 0 bridgehead atoms. The predicted octanol–water partition coefficient (Wildman–Crippen LogP) is 0.412. The molecule has 0 aliphatic heterocycles. The van der Waals surface area contributed by atoms with Crippen molar-refractivity contribution in [2.45, 2.75) is 35.2 Å². The Morgan fingerprint density at radius 1 is 1.06 bits per heavy atom.